The van der Waals surface area contributed by atoms with Gasteiger partial charge in [0.2, 0.25) is 0 Å². The van der Waals surface area contributed by atoms with Crippen LogP contribution in [0.4, 0.5) is 8.78 Å². The molecule has 0 saturated heterocycles. The van der Waals surface area contributed by atoms with Crippen LogP contribution >= 0.6 is 0 Å². The highest BCUT2D eigenvalue weighted by molar-refractivity contribution is 5.94. The van der Waals surface area contributed by atoms with Crippen molar-refractivity contribution in [3.63, 3.8) is 0 Å². The lowest BCUT2D eigenvalue weighted by Gasteiger charge is -2.19. The first-order valence-corrected chi connectivity index (χ1v) is 7.86. The number of carbonyl (C=O) groups is 1. The Morgan fingerprint density at radius 1 is 1.15 bits per heavy atom. The third-order valence-electron chi connectivity index (χ3n) is 3.97. The molecule has 0 fully saturated rings. The highest BCUT2D eigenvalue weighted by Crippen LogP contribution is 2.23. The quantitative estimate of drug-likeness (QED) is 0.763. The molecule has 1 atom stereocenters. The van der Waals surface area contributed by atoms with Crippen LogP contribution in [0.5, 0.6) is 5.75 Å². The maximum Gasteiger partial charge on any atom is 0.252 e. The van der Waals surface area contributed by atoms with Crippen LogP contribution in [0.15, 0.2) is 54.9 Å². The maximum atomic E-state index is 13.4. The van der Waals surface area contributed by atoms with Gasteiger partial charge in [0.05, 0.1) is 7.11 Å². The first-order valence-electron chi connectivity index (χ1n) is 7.86. The first kappa shape index (κ1) is 17.6. The van der Waals surface area contributed by atoms with E-state index < -0.39 is 23.6 Å². The Morgan fingerprint density at radius 3 is 2.35 bits per heavy atom. The van der Waals surface area contributed by atoms with Gasteiger partial charge in [-0.15, -0.1) is 0 Å². The Kier molecular flexibility index (Phi) is 4.97. The summed E-state index contributed by atoms with van der Waals surface area (Å²) < 4.78 is 33.8. The summed E-state index contributed by atoms with van der Waals surface area (Å²) in [6.07, 6.45) is 3.36. The highest BCUT2D eigenvalue weighted by Gasteiger charge is 2.22. The number of nitrogens with one attached hydrogen (secondary N) is 1. The number of halogens is 2. The summed E-state index contributed by atoms with van der Waals surface area (Å²) >= 11 is 0. The van der Waals surface area contributed by atoms with Crippen LogP contribution < -0.4 is 10.1 Å². The number of benzene rings is 2. The van der Waals surface area contributed by atoms with Gasteiger partial charge in [-0.2, -0.15) is 0 Å². The van der Waals surface area contributed by atoms with E-state index in [0.717, 1.165) is 23.8 Å². The predicted octanol–water partition coefficient (Wildman–Crippen LogP) is 3.23. The van der Waals surface area contributed by atoms with Crippen molar-refractivity contribution in [1.29, 1.82) is 0 Å². The third kappa shape index (κ3) is 3.72. The lowest BCUT2D eigenvalue weighted by molar-refractivity contribution is 0.0940. The fourth-order valence-electron chi connectivity index (χ4n) is 2.65. The van der Waals surface area contributed by atoms with E-state index in [0.29, 0.717) is 11.6 Å². The van der Waals surface area contributed by atoms with Crippen molar-refractivity contribution < 1.29 is 18.3 Å². The smallest absolute Gasteiger partial charge is 0.252 e. The zero-order chi connectivity index (χ0) is 18.7. The van der Waals surface area contributed by atoms with Crippen LogP contribution in [0, 0.1) is 11.6 Å². The Morgan fingerprint density at radius 2 is 1.81 bits per heavy atom. The number of ether oxygens (including phenoxy) is 1. The summed E-state index contributed by atoms with van der Waals surface area (Å²) in [4.78, 5) is 16.8. The molecular weight excluding hydrogens is 340 g/mol. The van der Waals surface area contributed by atoms with Crippen molar-refractivity contribution in [3.8, 4) is 5.75 Å². The lowest BCUT2D eigenvalue weighted by Crippen LogP contribution is -2.31. The molecule has 0 aliphatic carbocycles. The topological polar surface area (TPSA) is 56.1 Å². The average molecular weight is 357 g/mol. The van der Waals surface area contributed by atoms with E-state index >= 15 is 0 Å². The SMILES string of the molecule is COc1ccc(C(NC(=O)c2cc(F)cc(F)c2)c2nccn2C)cc1. The number of nitrogens with zero attached hydrogens (tertiary/aromatic N) is 2. The van der Waals surface area contributed by atoms with Crippen molar-refractivity contribution in [2.24, 2.45) is 7.05 Å². The molecule has 0 spiro atoms. The molecule has 0 aliphatic rings. The fourth-order valence-corrected chi connectivity index (χ4v) is 2.65. The number of rotatable bonds is 5. The number of imidazole rings is 1. The molecule has 3 rings (SSSR count). The normalized spacial score (nSPS) is 11.8. The standard InChI is InChI=1S/C19H17F2N3O2/c1-24-8-7-22-18(24)17(12-3-5-16(26-2)6-4-12)23-19(25)13-9-14(20)11-15(21)10-13/h3-11,17H,1-2H3,(H,23,25). The minimum absolute atomic E-state index is 0.102. The number of methoxy groups -OCH3 is 1. The molecule has 134 valence electrons. The summed E-state index contributed by atoms with van der Waals surface area (Å²) in [5.41, 5.74) is 0.653. The lowest BCUT2D eigenvalue weighted by atomic mass is 10.0. The molecule has 2 aromatic carbocycles. The monoisotopic (exact) mass is 357 g/mol. The number of carbonyl (C=O) groups excluding carboxylic acids is 1. The molecule has 5 nitrogen and oxygen atoms in total. The maximum absolute atomic E-state index is 13.4. The fraction of sp³-hybridized carbons (Fsp3) is 0.158. The van der Waals surface area contributed by atoms with Crippen molar-refractivity contribution in [1.82, 2.24) is 14.9 Å². The van der Waals surface area contributed by atoms with Gasteiger partial charge < -0.3 is 14.6 Å². The Bertz CT molecular complexity index is 903. The van der Waals surface area contributed by atoms with Gasteiger partial charge in [0.25, 0.3) is 5.91 Å². The first-order chi connectivity index (χ1) is 12.5. The third-order valence-corrected chi connectivity index (χ3v) is 3.97. The Labute approximate surface area is 149 Å². The van der Waals surface area contributed by atoms with E-state index in [1.807, 2.05) is 0 Å². The minimum atomic E-state index is -0.812. The van der Waals surface area contributed by atoms with E-state index in [2.05, 4.69) is 10.3 Å². The molecule has 7 heteroatoms. The summed E-state index contributed by atoms with van der Waals surface area (Å²) in [7, 11) is 3.36. The molecule has 26 heavy (non-hydrogen) atoms. The van der Waals surface area contributed by atoms with Gasteiger partial charge in [0.15, 0.2) is 0 Å². The number of hydrogen-bond acceptors (Lipinski definition) is 3. The number of amides is 1. The number of aryl methyl sites for hydroxylation is 1. The molecule has 0 radical (unpaired) electrons. The molecule has 0 bridgehead atoms. The largest absolute Gasteiger partial charge is 0.497 e. The molecule has 1 unspecified atom stereocenters. The van der Waals surface area contributed by atoms with Gasteiger partial charge >= 0.3 is 0 Å². The second-order valence-electron chi connectivity index (χ2n) is 5.73. The molecule has 1 aromatic heterocycles. The molecule has 3 aromatic rings. The van der Waals surface area contributed by atoms with Gasteiger partial charge in [0.1, 0.15) is 29.3 Å². The van der Waals surface area contributed by atoms with Crippen LogP contribution in [0.3, 0.4) is 0 Å². The molecule has 0 aliphatic heterocycles. The van der Waals surface area contributed by atoms with E-state index in [-0.39, 0.29) is 5.56 Å². The molecular formula is C19H17F2N3O2. The van der Waals surface area contributed by atoms with Crippen LogP contribution in [-0.2, 0) is 7.05 Å². The van der Waals surface area contributed by atoms with Crippen molar-refractivity contribution in [2.75, 3.05) is 7.11 Å². The molecule has 1 amide bonds. The summed E-state index contributed by atoms with van der Waals surface area (Å²) in [5.74, 6) is -0.972. The average Bonchev–Trinajstić information content (AvgIpc) is 3.04. The molecule has 1 N–H and O–H groups in total. The highest BCUT2D eigenvalue weighted by atomic mass is 19.1. The van der Waals surface area contributed by atoms with Gasteiger partial charge in [-0.25, -0.2) is 13.8 Å². The van der Waals surface area contributed by atoms with Gasteiger partial charge in [-0.05, 0) is 29.8 Å². The second-order valence-corrected chi connectivity index (χ2v) is 5.73. The van der Waals surface area contributed by atoms with Crippen LogP contribution in [0.25, 0.3) is 0 Å². The van der Waals surface area contributed by atoms with Gasteiger partial charge in [-0.3, -0.25) is 4.79 Å². The van der Waals surface area contributed by atoms with Crippen LogP contribution in [-0.4, -0.2) is 22.6 Å². The predicted molar refractivity (Wildman–Crippen MR) is 91.9 cm³/mol. The van der Waals surface area contributed by atoms with Crippen molar-refractivity contribution in [3.05, 3.63) is 83.4 Å². The molecule has 1 heterocycles. The summed E-state index contributed by atoms with van der Waals surface area (Å²) in [6, 6.07) is 9.22. The van der Waals surface area contributed by atoms with Crippen molar-refractivity contribution in [2.45, 2.75) is 6.04 Å². The van der Waals surface area contributed by atoms with Gasteiger partial charge in [-0.1, -0.05) is 12.1 Å². The summed E-state index contributed by atoms with van der Waals surface area (Å²) in [5, 5.41) is 2.79. The number of hydrogen-bond donors (Lipinski definition) is 1. The van der Waals surface area contributed by atoms with E-state index in [1.165, 1.54) is 0 Å². The van der Waals surface area contributed by atoms with Gasteiger partial charge in [0, 0.05) is 31.1 Å². The van der Waals surface area contributed by atoms with E-state index in [9.17, 15) is 13.6 Å². The number of aromatic nitrogens is 2. The molecule has 0 saturated carbocycles. The Hall–Kier alpha value is -3.22. The second kappa shape index (κ2) is 7.35. The summed E-state index contributed by atoms with van der Waals surface area (Å²) in [6.45, 7) is 0. The van der Waals surface area contributed by atoms with Crippen LogP contribution in [0.2, 0.25) is 0 Å². The minimum Gasteiger partial charge on any atom is -0.497 e. The van der Waals surface area contributed by atoms with Crippen molar-refractivity contribution >= 4 is 5.91 Å². The van der Waals surface area contributed by atoms with Crippen LogP contribution in [0.1, 0.15) is 27.8 Å². The van der Waals surface area contributed by atoms with E-state index in [4.69, 9.17) is 4.74 Å². The zero-order valence-corrected chi connectivity index (χ0v) is 14.2. The van der Waals surface area contributed by atoms with E-state index in [1.54, 1.807) is 55.4 Å². The Balaban J connectivity index is 1.95. The zero-order valence-electron chi connectivity index (χ0n) is 14.2.